The van der Waals surface area contributed by atoms with Crippen LogP contribution in [0.3, 0.4) is 0 Å². The van der Waals surface area contributed by atoms with Crippen molar-refractivity contribution in [1.82, 2.24) is 5.32 Å². The summed E-state index contributed by atoms with van der Waals surface area (Å²) in [6.07, 6.45) is -0.454. The van der Waals surface area contributed by atoms with Gasteiger partial charge in [0.25, 0.3) is 0 Å². The molecule has 0 aliphatic heterocycles. The summed E-state index contributed by atoms with van der Waals surface area (Å²) in [7, 11) is 0. The summed E-state index contributed by atoms with van der Waals surface area (Å²) >= 11 is 0. The number of hydrogen-bond donors (Lipinski definition) is 3. The molecular weight excluding hydrogens is 176 g/mol. The van der Waals surface area contributed by atoms with Crippen LogP contribution in [0.2, 0.25) is 0 Å². The minimum absolute atomic E-state index is 0.244. The third-order valence-electron chi connectivity index (χ3n) is 2.20. The van der Waals surface area contributed by atoms with E-state index in [0.29, 0.717) is 13.1 Å². The van der Waals surface area contributed by atoms with Gasteiger partial charge in [0.05, 0.1) is 6.10 Å². The Hall–Kier alpha value is -0.900. The molecule has 78 valence electrons. The third-order valence-corrected chi connectivity index (χ3v) is 2.20. The first-order valence-electron chi connectivity index (χ1n) is 4.90. The van der Waals surface area contributed by atoms with Gasteiger partial charge in [0.15, 0.2) is 0 Å². The van der Waals surface area contributed by atoms with E-state index in [2.05, 4.69) is 5.32 Å². The summed E-state index contributed by atoms with van der Waals surface area (Å²) < 4.78 is 0. The maximum absolute atomic E-state index is 9.76. The van der Waals surface area contributed by atoms with Gasteiger partial charge in [-0.15, -0.1) is 0 Å². The van der Waals surface area contributed by atoms with Crippen LogP contribution in [0.1, 0.15) is 18.6 Å². The van der Waals surface area contributed by atoms with Crippen molar-refractivity contribution in [3.05, 3.63) is 35.9 Å². The van der Waals surface area contributed by atoms with E-state index in [1.54, 1.807) is 0 Å². The minimum Gasteiger partial charge on any atom is -0.387 e. The average Bonchev–Trinajstić information content (AvgIpc) is 2.26. The third kappa shape index (κ3) is 3.46. The Morgan fingerprint density at radius 2 is 2.00 bits per heavy atom. The van der Waals surface area contributed by atoms with Crippen LogP contribution in [0, 0.1) is 0 Å². The number of aliphatic hydroxyl groups is 1. The molecule has 0 amide bonds. The van der Waals surface area contributed by atoms with Gasteiger partial charge in [0, 0.05) is 19.1 Å². The van der Waals surface area contributed by atoms with E-state index in [4.69, 9.17) is 5.73 Å². The van der Waals surface area contributed by atoms with Gasteiger partial charge < -0.3 is 16.2 Å². The van der Waals surface area contributed by atoms with E-state index in [-0.39, 0.29) is 6.04 Å². The number of hydrogen-bond acceptors (Lipinski definition) is 3. The molecule has 14 heavy (non-hydrogen) atoms. The molecule has 3 heteroatoms. The summed E-state index contributed by atoms with van der Waals surface area (Å²) in [5, 5.41) is 12.9. The Labute approximate surface area is 84.9 Å². The summed E-state index contributed by atoms with van der Waals surface area (Å²) in [4.78, 5) is 0. The van der Waals surface area contributed by atoms with E-state index in [0.717, 1.165) is 5.56 Å². The molecule has 3 nitrogen and oxygen atoms in total. The number of nitrogens with two attached hydrogens (primary N) is 1. The molecule has 0 heterocycles. The van der Waals surface area contributed by atoms with Crippen LogP contribution in [0.25, 0.3) is 0 Å². The Kier molecular flexibility index (Phi) is 4.59. The smallest absolute Gasteiger partial charge is 0.0914 e. The highest BCUT2D eigenvalue weighted by Crippen LogP contribution is 2.10. The number of nitrogens with one attached hydrogen (secondary N) is 1. The Morgan fingerprint density at radius 3 is 2.57 bits per heavy atom. The first-order chi connectivity index (χ1) is 6.74. The monoisotopic (exact) mass is 194 g/mol. The van der Waals surface area contributed by atoms with Crippen LogP contribution in [-0.2, 0) is 0 Å². The largest absolute Gasteiger partial charge is 0.387 e. The molecule has 0 spiro atoms. The van der Waals surface area contributed by atoms with Crippen molar-refractivity contribution < 1.29 is 5.11 Å². The van der Waals surface area contributed by atoms with Gasteiger partial charge in [0.1, 0.15) is 0 Å². The predicted octanol–water partition coefficient (Wildman–Crippen LogP) is 0.657. The minimum atomic E-state index is -0.454. The highest BCUT2D eigenvalue weighted by molar-refractivity contribution is 5.17. The van der Waals surface area contributed by atoms with Crippen LogP contribution < -0.4 is 11.1 Å². The molecule has 0 aliphatic rings. The quantitative estimate of drug-likeness (QED) is 0.645. The maximum atomic E-state index is 9.76. The van der Waals surface area contributed by atoms with Crippen LogP contribution >= 0.6 is 0 Å². The highest BCUT2D eigenvalue weighted by atomic mass is 16.3. The topological polar surface area (TPSA) is 58.3 Å². The van der Waals surface area contributed by atoms with Crippen molar-refractivity contribution in [2.45, 2.75) is 19.1 Å². The zero-order valence-electron chi connectivity index (χ0n) is 8.48. The second kappa shape index (κ2) is 5.75. The van der Waals surface area contributed by atoms with Gasteiger partial charge in [-0.3, -0.25) is 0 Å². The Balaban J connectivity index is 2.39. The van der Waals surface area contributed by atoms with Crippen LogP contribution in [-0.4, -0.2) is 24.2 Å². The lowest BCUT2D eigenvalue weighted by Crippen LogP contribution is -2.35. The van der Waals surface area contributed by atoms with E-state index in [9.17, 15) is 5.11 Å². The first kappa shape index (κ1) is 11.2. The van der Waals surface area contributed by atoms with Gasteiger partial charge in [-0.2, -0.15) is 0 Å². The fourth-order valence-electron chi connectivity index (χ4n) is 1.19. The van der Waals surface area contributed by atoms with Crippen molar-refractivity contribution in [3.8, 4) is 0 Å². The molecule has 4 N–H and O–H groups in total. The molecule has 1 aromatic carbocycles. The van der Waals surface area contributed by atoms with Crippen molar-refractivity contribution in [2.75, 3.05) is 13.1 Å². The molecule has 0 saturated carbocycles. The molecule has 0 fully saturated rings. The van der Waals surface area contributed by atoms with E-state index in [1.165, 1.54) is 0 Å². The van der Waals surface area contributed by atoms with Gasteiger partial charge in [-0.25, -0.2) is 0 Å². The van der Waals surface area contributed by atoms with E-state index < -0.39 is 6.10 Å². The summed E-state index contributed by atoms with van der Waals surface area (Å²) in [5.41, 5.74) is 6.39. The Bertz CT molecular complexity index is 251. The van der Waals surface area contributed by atoms with E-state index in [1.807, 2.05) is 37.3 Å². The summed E-state index contributed by atoms with van der Waals surface area (Å²) in [5.74, 6) is 0. The van der Waals surface area contributed by atoms with Crippen molar-refractivity contribution in [1.29, 1.82) is 0 Å². The fourth-order valence-corrected chi connectivity index (χ4v) is 1.19. The molecular formula is C11H18N2O. The summed E-state index contributed by atoms with van der Waals surface area (Å²) in [6, 6.07) is 9.86. The van der Waals surface area contributed by atoms with Gasteiger partial charge in [-0.05, 0) is 12.5 Å². The first-order valence-corrected chi connectivity index (χ1v) is 4.90. The molecule has 0 saturated heterocycles. The Morgan fingerprint density at radius 1 is 1.36 bits per heavy atom. The van der Waals surface area contributed by atoms with Crippen molar-refractivity contribution >= 4 is 0 Å². The molecule has 0 bridgehead atoms. The summed E-state index contributed by atoms with van der Waals surface area (Å²) in [6.45, 7) is 3.13. The second-order valence-electron chi connectivity index (χ2n) is 3.47. The molecule has 1 rings (SSSR count). The van der Waals surface area contributed by atoms with Crippen LogP contribution in [0.15, 0.2) is 30.3 Å². The van der Waals surface area contributed by atoms with Gasteiger partial charge in [0.2, 0.25) is 0 Å². The van der Waals surface area contributed by atoms with Crippen LogP contribution in [0.4, 0.5) is 0 Å². The fraction of sp³-hybridized carbons (Fsp3) is 0.455. The second-order valence-corrected chi connectivity index (χ2v) is 3.47. The maximum Gasteiger partial charge on any atom is 0.0914 e. The molecule has 2 unspecified atom stereocenters. The molecule has 0 aliphatic carbocycles. The number of aliphatic hydroxyl groups excluding tert-OH is 1. The van der Waals surface area contributed by atoms with Gasteiger partial charge in [-0.1, -0.05) is 30.3 Å². The van der Waals surface area contributed by atoms with Crippen LogP contribution in [0.5, 0.6) is 0 Å². The van der Waals surface area contributed by atoms with E-state index >= 15 is 0 Å². The van der Waals surface area contributed by atoms with Gasteiger partial charge >= 0.3 is 0 Å². The number of benzene rings is 1. The molecule has 0 radical (unpaired) electrons. The lowest BCUT2D eigenvalue weighted by molar-refractivity contribution is 0.171. The molecule has 0 aromatic heterocycles. The lowest BCUT2D eigenvalue weighted by Gasteiger charge is -2.15. The zero-order valence-corrected chi connectivity index (χ0v) is 8.48. The molecule has 2 atom stereocenters. The van der Waals surface area contributed by atoms with Crippen molar-refractivity contribution in [2.24, 2.45) is 5.73 Å². The average molecular weight is 194 g/mol. The normalized spacial score (nSPS) is 15.1. The SMILES string of the molecule is CC(CN)NCC(O)c1ccccc1. The zero-order chi connectivity index (χ0) is 10.4. The molecule has 1 aromatic rings. The number of rotatable bonds is 5. The lowest BCUT2D eigenvalue weighted by atomic mass is 10.1. The standard InChI is InChI=1S/C11H18N2O/c1-9(7-12)13-8-11(14)10-5-3-2-4-6-10/h2-6,9,11,13-14H,7-8,12H2,1H3. The van der Waals surface area contributed by atoms with Crippen molar-refractivity contribution in [3.63, 3.8) is 0 Å². The highest BCUT2D eigenvalue weighted by Gasteiger charge is 2.07. The predicted molar refractivity (Wildman–Crippen MR) is 57.9 cm³/mol.